The maximum atomic E-state index is 5.66. The molecule has 0 unspecified atom stereocenters. The smallest absolute Gasteiger partial charge is 0.128 e. The largest absolute Gasteiger partial charge is 0.496 e. The number of aryl methyl sites for hydroxylation is 1. The Labute approximate surface area is 157 Å². The fourth-order valence-electron chi connectivity index (χ4n) is 2.82. The molecule has 1 aromatic carbocycles. The van der Waals surface area contributed by atoms with Crippen LogP contribution in [0.2, 0.25) is 0 Å². The Bertz CT molecular complexity index is 666. The molecule has 2 rings (SSSR count). The quantitative estimate of drug-likeness (QED) is 0.472. The van der Waals surface area contributed by atoms with Crippen molar-refractivity contribution in [2.45, 2.75) is 46.5 Å². The van der Waals surface area contributed by atoms with Gasteiger partial charge in [-0.1, -0.05) is 26.7 Å². The van der Waals surface area contributed by atoms with Crippen LogP contribution in [-0.4, -0.2) is 20.2 Å². The van der Waals surface area contributed by atoms with Crippen LogP contribution in [0.5, 0.6) is 5.75 Å². The molecule has 0 aliphatic carbocycles. The van der Waals surface area contributed by atoms with Crippen molar-refractivity contribution in [2.24, 2.45) is 0 Å². The Morgan fingerprint density at radius 2 is 1.72 bits per heavy atom. The van der Waals surface area contributed by atoms with Crippen molar-refractivity contribution in [2.75, 3.05) is 25.1 Å². The molecule has 0 fully saturated rings. The topological polar surface area (TPSA) is 12.5 Å². The number of anilines is 1. The summed E-state index contributed by atoms with van der Waals surface area (Å²) in [6.07, 6.45) is 9.22. The highest BCUT2D eigenvalue weighted by Crippen LogP contribution is 2.28. The van der Waals surface area contributed by atoms with Crippen molar-refractivity contribution < 1.29 is 4.74 Å². The predicted octanol–water partition coefficient (Wildman–Crippen LogP) is 6.64. The molecule has 136 valence electrons. The highest BCUT2D eigenvalue weighted by molar-refractivity contribution is 7.12. The van der Waals surface area contributed by atoms with Crippen LogP contribution in [0, 0.1) is 6.92 Å². The number of rotatable bonds is 10. The zero-order valence-corrected chi connectivity index (χ0v) is 16.9. The van der Waals surface area contributed by atoms with Gasteiger partial charge in [0.15, 0.2) is 0 Å². The van der Waals surface area contributed by atoms with Gasteiger partial charge < -0.3 is 9.64 Å². The van der Waals surface area contributed by atoms with Crippen molar-refractivity contribution in [3.05, 3.63) is 45.6 Å². The third kappa shape index (κ3) is 5.93. The lowest BCUT2D eigenvalue weighted by Crippen LogP contribution is -2.25. The van der Waals surface area contributed by atoms with Crippen molar-refractivity contribution >= 4 is 29.2 Å². The SMILES string of the molecule is CCCCN(CCCC)c1ccc(/C=C/c2ccc(C)s2)c(OC)c1. The summed E-state index contributed by atoms with van der Waals surface area (Å²) < 4.78 is 5.66. The lowest BCUT2D eigenvalue weighted by Gasteiger charge is -2.25. The Balaban J connectivity index is 2.19. The van der Waals surface area contributed by atoms with E-state index in [1.165, 1.54) is 41.1 Å². The van der Waals surface area contributed by atoms with Gasteiger partial charge in [-0.15, -0.1) is 11.3 Å². The fraction of sp³-hybridized carbons (Fsp3) is 0.455. The van der Waals surface area contributed by atoms with Crippen LogP contribution < -0.4 is 9.64 Å². The van der Waals surface area contributed by atoms with E-state index in [0.717, 1.165) is 24.4 Å². The van der Waals surface area contributed by atoms with Crippen LogP contribution in [0.1, 0.15) is 54.8 Å². The first kappa shape index (κ1) is 19.6. The minimum absolute atomic E-state index is 0.944. The molecular weight excluding hydrogens is 326 g/mol. The summed E-state index contributed by atoms with van der Waals surface area (Å²) in [5, 5.41) is 0. The highest BCUT2D eigenvalue weighted by Gasteiger charge is 2.09. The van der Waals surface area contributed by atoms with E-state index in [1.54, 1.807) is 7.11 Å². The third-order valence-corrected chi connectivity index (χ3v) is 5.30. The van der Waals surface area contributed by atoms with Gasteiger partial charge in [0.25, 0.3) is 0 Å². The maximum Gasteiger partial charge on any atom is 0.128 e. The molecule has 0 saturated heterocycles. The Hall–Kier alpha value is -1.74. The van der Waals surface area contributed by atoms with Gasteiger partial charge in [0, 0.05) is 40.2 Å². The number of hydrogen-bond acceptors (Lipinski definition) is 3. The summed E-state index contributed by atoms with van der Waals surface area (Å²) in [6, 6.07) is 10.9. The van der Waals surface area contributed by atoms with Crippen LogP contribution in [0.15, 0.2) is 30.3 Å². The van der Waals surface area contributed by atoms with Crippen LogP contribution >= 0.6 is 11.3 Å². The lowest BCUT2D eigenvalue weighted by atomic mass is 10.1. The number of methoxy groups -OCH3 is 1. The van der Waals surface area contributed by atoms with E-state index < -0.39 is 0 Å². The molecule has 0 amide bonds. The minimum atomic E-state index is 0.944. The minimum Gasteiger partial charge on any atom is -0.496 e. The van der Waals surface area contributed by atoms with Gasteiger partial charge in [-0.3, -0.25) is 0 Å². The number of nitrogens with zero attached hydrogens (tertiary/aromatic N) is 1. The average molecular weight is 358 g/mol. The van der Waals surface area contributed by atoms with Crippen LogP contribution in [0.3, 0.4) is 0 Å². The third-order valence-electron chi connectivity index (χ3n) is 4.33. The fourth-order valence-corrected chi connectivity index (χ4v) is 3.60. The summed E-state index contributed by atoms with van der Waals surface area (Å²) in [5.41, 5.74) is 2.39. The molecule has 2 aromatic rings. The summed E-state index contributed by atoms with van der Waals surface area (Å²) >= 11 is 1.81. The first-order chi connectivity index (χ1) is 12.2. The van der Waals surface area contributed by atoms with Crippen LogP contribution in [0.4, 0.5) is 5.69 Å². The van der Waals surface area contributed by atoms with Crippen molar-refractivity contribution in [1.82, 2.24) is 0 Å². The zero-order valence-electron chi connectivity index (χ0n) is 16.0. The second kappa shape index (κ2) is 10.3. The van der Waals surface area contributed by atoms with Crippen LogP contribution in [-0.2, 0) is 0 Å². The summed E-state index contributed by atoms with van der Waals surface area (Å²) in [5.74, 6) is 0.944. The van der Waals surface area contributed by atoms with Gasteiger partial charge in [0.05, 0.1) is 7.11 Å². The zero-order chi connectivity index (χ0) is 18.1. The molecule has 3 heteroatoms. The number of benzene rings is 1. The van der Waals surface area contributed by atoms with Crippen molar-refractivity contribution in [3.8, 4) is 5.75 Å². The van der Waals surface area contributed by atoms with E-state index >= 15 is 0 Å². The first-order valence-electron chi connectivity index (χ1n) is 9.35. The molecular formula is C22H31NOS. The molecule has 1 aromatic heterocycles. The summed E-state index contributed by atoms with van der Waals surface area (Å²) in [7, 11) is 1.76. The first-order valence-corrected chi connectivity index (χ1v) is 10.2. The van der Waals surface area contributed by atoms with Gasteiger partial charge in [0.1, 0.15) is 5.75 Å². The van der Waals surface area contributed by atoms with Gasteiger partial charge in [-0.05, 0) is 56.2 Å². The number of hydrogen-bond donors (Lipinski definition) is 0. The second-order valence-corrected chi connectivity index (χ2v) is 7.72. The summed E-state index contributed by atoms with van der Waals surface area (Å²) in [4.78, 5) is 5.10. The van der Waals surface area contributed by atoms with E-state index in [2.05, 4.69) is 68.2 Å². The van der Waals surface area contributed by atoms with Crippen LogP contribution in [0.25, 0.3) is 12.2 Å². The predicted molar refractivity (Wildman–Crippen MR) is 113 cm³/mol. The van der Waals surface area contributed by atoms with Gasteiger partial charge in [-0.25, -0.2) is 0 Å². The Kier molecular flexibility index (Phi) is 8.07. The van der Waals surface area contributed by atoms with Gasteiger partial charge in [-0.2, -0.15) is 0 Å². The van der Waals surface area contributed by atoms with E-state index in [-0.39, 0.29) is 0 Å². The Morgan fingerprint density at radius 1 is 1.00 bits per heavy atom. The number of unbranched alkanes of at least 4 members (excludes halogenated alkanes) is 2. The van der Waals surface area contributed by atoms with Gasteiger partial charge >= 0.3 is 0 Å². The highest BCUT2D eigenvalue weighted by atomic mass is 32.1. The lowest BCUT2D eigenvalue weighted by molar-refractivity contribution is 0.414. The molecule has 0 N–H and O–H groups in total. The van der Waals surface area contributed by atoms with E-state index in [9.17, 15) is 0 Å². The molecule has 0 spiro atoms. The molecule has 0 atom stereocenters. The number of thiophene rings is 1. The average Bonchev–Trinajstić information content (AvgIpc) is 3.05. The summed E-state index contributed by atoms with van der Waals surface area (Å²) in [6.45, 7) is 8.86. The Morgan fingerprint density at radius 3 is 2.28 bits per heavy atom. The van der Waals surface area contributed by atoms with Crippen molar-refractivity contribution in [3.63, 3.8) is 0 Å². The molecule has 0 radical (unpaired) electrons. The van der Waals surface area contributed by atoms with E-state index in [4.69, 9.17) is 4.74 Å². The van der Waals surface area contributed by atoms with Crippen molar-refractivity contribution in [1.29, 1.82) is 0 Å². The maximum absolute atomic E-state index is 5.66. The second-order valence-electron chi connectivity index (χ2n) is 6.40. The normalized spacial score (nSPS) is 11.2. The van der Waals surface area contributed by atoms with E-state index in [0.29, 0.717) is 0 Å². The molecule has 25 heavy (non-hydrogen) atoms. The molecule has 0 aliphatic rings. The van der Waals surface area contributed by atoms with Gasteiger partial charge in [0.2, 0.25) is 0 Å². The number of ether oxygens (including phenoxy) is 1. The molecule has 1 heterocycles. The van der Waals surface area contributed by atoms with E-state index in [1.807, 2.05) is 11.3 Å². The molecule has 0 aliphatic heterocycles. The molecule has 0 saturated carbocycles. The molecule has 2 nitrogen and oxygen atoms in total. The monoisotopic (exact) mass is 357 g/mol. The molecule has 0 bridgehead atoms. The standard InChI is InChI=1S/C22H31NOS/c1-5-7-15-23(16-8-6-2)20-12-10-19(22(17-20)24-4)11-14-21-13-9-18(3)25-21/h9-14,17H,5-8,15-16H2,1-4H3/b14-11+.